The second-order valence-electron chi connectivity index (χ2n) is 7.23. The number of aryl methyl sites for hydroxylation is 2. The number of hydrogen-bond donors (Lipinski definition) is 1. The van der Waals surface area contributed by atoms with E-state index in [4.69, 9.17) is 4.98 Å². The number of aromatic nitrogens is 2. The number of amides is 1. The first kappa shape index (κ1) is 20.0. The molecule has 0 saturated carbocycles. The molecular formula is C24H22N4OS. The Morgan fingerprint density at radius 3 is 2.77 bits per heavy atom. The first-order valence-electron chi connectivity index (χ1n) is 9.89. The molecule has 0 bridgehead atoms. The van der Waals surface area contributed by atoms with E-state index < -0.39 is 0 Å². The van der Waals surface area contributed by atoms with Crippen LogP contribution in [0.5, 0.6) is 0 Å². The highest BCUT2D eigenvalue weighted by molar-refractivity contribution is 8.00. The van der Waals surface area contributed by atoms with Crippen molar-refractivity contribution in [1.29, 1.82) is 5.26 Å². The van der Waals surface area contributed by atoms with E-state index >= 15 is 0 Å². The molecule has 0 fully saturated rings. The predicted molar refractivity (Wildman–Crippen MR) is 122 cm³/mol. The Hall–Kier alpha value is -3.30. The number of imidazole rings is 1. The van der Waals surface area contributed by atoms with Crippen LogP contribution >= 0.6 is 11.8 Å². The van der Waals surface area contributed by atoms with Crippen LogP contribution in [0.2, 0.25) is 0 Å². The summed E-state index contributed by atoms with van der Waals surface area (Å²) >= 11 is 1.47. The third kappa shape index (κ3) is 3.64. The van der Waals surface area contributed by atoms with Crippen LogP contribution in [0.1, 0.15) is 30.5 Å². The van der Waals surface area contributed by atoms with Gasteiger partial charge in [-0.1, -0.05) is 43.0 Å². The molecule has 0 unspecified atom stereocenters. The van der Waals surface area contributed by atoms with Gasteiger partial charge < -0.3 is 5.32 Å². The van der Waals surface area contributed by atoms with E-state index in [2.05, 4.69) is 11.4 Å². The van der Waals surface area contributed by atoms with Crippen LogP contribution in [0.25, 0.3) is 16.7 Å². The van der Waals surface area contributed by atoms with Gasteiger partial charge in [-0.15, -0.1) is 0 Å². The molecule has 0 radical (unpaired) electrons. The molecule has 0 aliphatic rings. The summed E-state index contributed by atoms with van der Waals surface area (Å²) in [6.07, 6.45) is 0.722. The van der Waals surface area contributed by atoms with E-state index in [0.717, 1.165) is 39.3 Å². The van der Waals surface area contributed by atoms with Crippen LogP contribution in [-0.4, -0.2) is 20.5 Å². The average Bonchev–Trinajstić information content (AvgIpc) is 3.13. The lowest BCUT2D eigenvalue weighted by Gasteiger charge is -2.15. The Kier molecular flexibility index (Phi) is 5.47. The number of fused-ring (bicyclic) bond motifs is 3. The zero-order valence-electron chi connectivity index (χ0n) is 17.1. The lowest BCUT2D eigenvalue weighted by molar-refractivity contribution is -0.115. The van der Waals surface area contributed by atoms with Crippen molar-refractivity contribution >= 4 is 40.0 Å². The largest absolute Gasteiger partial charge is 0.325 e. The van der Waals surface area contributed by atoms with E-state index in [1.807, 2.05) is 79.8 Å². The zero-order chi connectivity index (χ0) is 21.3. The molecule has 4 aromatic rings. The third-order valence-corrected chi connectivity index (χ3v) is 6.18. The maximum absolute atomic E-state index is 12.8. The quantitative estimate of drug-likeness (QED) is 0.447. The molecule has 0 spiro atoms. The Bertz CT molecular complexity index is 1300. The summed E-state index contributed by atoms with van der Waals surface area (Å²) in [4.78, 5) is 17.5. The predicted octanol–water partition coefficient (Wildman–Crippen LogP) is 5.35. The molecule has 2 aromatic carbocycles. The van der Waals surface area contributed by atoms with Crippen LogP contribution in [0.15, 0.2) is 59.6 Å². The molecule has 1 amide bonds. The molecule has 4 rings (SSSR count). The van der Waals surface area contributed by atoms with Crippen LogP contribution in [-0.2, 0) is 11.2 Å². The van der Waals surface area contributed by atoms with Gasteiger partial charge in [0.15, 0.2) is 5.65 Å². The van der Waals surface area contributed by atoms with Crippen molar-refractivity contribution in [3.8, 4) is 6.07 Å². The highest BCUT2D eigenvalue weighted by Gasteiger charge is 2.21. The molecule has 2 heterocycles. The summed E-state index contributed by atoms with van der Waals surface area (Å²) in [6.45, 7) is 5.92. The number of hydrogen-bond acceptors (Lipinski definition) is 4. The molecule has 30 heavy (non-hydrogen) atoms. The SMILES string of the molecule is CCc1cc(S[C@@H](C)C(=O)Nc2cccc(C)c2)n2c(nc3ccccc32)c1C#N. The Labute approximate surface area is 179 Å². The fourth-order valence-corrected chi connectivity index (χ4v) is 4.56. The second kappa shape index (κ2) is 8.21. The Morgan fingerprint density at radius 2 is 2.03 bits per heavy atom. The molecule has 1 atom stereocenters. The van der Waals surface area contributed by atoms with E-state index in [-0.39, 0.29) is 11.2 Å². The second-order valence-corrected chi connectivity index (χ2v) is 8.59. The summed E-state index contributed by atoms with van der Waals surface area (Å²) in [5, 5.41) is 13.3. The number of nitrogens with zero attached hydrogens (tertiary/aromatic N) is 3. The number of para-hydroxylation sites is 2. The number of benzene rings is 2. The minimum Gasteiger partial charge on any atom is -0.325 e. The van der Waals surface area contributed by atoms with Crippen LogP contribution in [0.4, 0.5) is 5.69 Å². The third-order valence-electron chi connectivity index (χ3n) is 5.07. The summed E-state index contributed by atoms with van der Waals surface area (Å²) in [7, 11) is 0. The fourth-order valence-electron chi connectivity index (χ4n) is 3.53. The van der Waals surface area contributed by atoms with Gasteiger partial charge in [-0.3, -0.25) is 9.20 Å². The van der Waals surface area contributed by atoms with Crippen molar-refractivity contribution in [2.45, 2.75) is 37.5 Å². The van der Waals surface area contributed by atoms with E-state index in [1.54, 1.807) is 0 Å². The molecule has 0 saturated heterocycles. The first-order chi connectivity index (χ1) is 14.5. The van der Waals surface area contributed by atoms with Gasteiger partial charge in [-0.05, 0) is 61.7 Å². The van der Waals surface area contributed by atoms with E-state index in [9.17, 15) is 10.1 Å². The number of anilines is 1. The highest BCUT2D eigenvalue weighted by atomic mass is 32.2. The summed E-state index contributed by atoms with van der Waals surface area (Å²) in [5.41, 5.74) is 5.83. The zero-order valence-corrected chi connectivity index (χ0v) is 18.0. The number of rotatable bonds is 5. The maximum atomic E-state index is 12.8. The maximum Gasteiger partial charge on any atom is 0.237 e. The molecule has 6 heteroatoms. The van der Waals surface area contributed by atoms with Crippen molar-refractivity contribution in [3.05, 3.63) is 71.3 Å². The summed E-state index contributed by atoms with van der Waals surface area (Å²) < 4.78 is 1.99. The lowest BCUT2D eigenvalue weighted by Crippen LogP contribution is -2.22. The van der Waals surface area contributed by atoms with Gasteiger partial charge in [0.1, 0.15) is 6.07 Å². The lowest BCUT2D eigenvalue weighted by atomic mass is 10.1. The van der Waals surface area contributed by atoms with E-state index in [1.165, 1.54) is 11.8 Å². The van der Waals surface area contributed by atoms with Crippen molar-refractivity contribution in [2.24, 2.45) is 0 Å². The monoisotopic (exact) mass is 414 g/mol. The number of carbonyl (C=O) groups excluding carboxylic acids is 1. The highest BCUT2D eigenvalue weighted by Crippen LogP contribution is 2.32. The van der Waals surface area contributed by atoms with Crippen molar-refractivity contribution in [2.75, 3.05) is 5.32 Å². The molecule has 2 aromatic heterocycles. The fraction of sp³-hybridized carbons (Fsp3) is 0.208. The van der Waals surface area contributed by atoms with Crippen molar-refractivity contribution in [1.82, 2.24) is 9.38 Å². The topological polar surface area (TPSA) is 70.2 Å². The number of pyridine rings is 1. The van der Waals surface area contributed by atoms with E-state index in [0.29, 0.717) is 11.2 Å². The van der Waals surface area contributed by atoms with Gasteiger partial charge in [0.2, 0.25) is 5.91 Å². The first-order valence-corrected chi connectivity index (χ1v) is 10.8. The molecule has 0 aliphatic carbocycles. The standard InChI is InChI=1S/C24H22N4OS/c1-4-17-13-22(30-16(3)24(29)26-18-9-7-8-15(2)12-18)28-21-11-6-5-10-20(21)27-23(28)19(17)14-25/h5-13,16H,4H2,1-3H3,(H,26,29)/t16-/m0/s1. The Morgan fingerprint density at radius 1 is 1.23 bits per heavy atom. The smallest absolute Gasteiger partial charge is 0.237 e. The molecule has 0 aliphatic heterocycles. The van der Waals surface area contributed by atoms with Gasteiger partial charge >= 0.3 is 0 Å². The normalized spacial score (nSPS) is 12.1. The summed E-state index contributed by atoms with van der Waals surface area (Å²) in [6, 6.07) is 19.9. The molecule has 1 N–H and O–H groups in total. The van der Waals surface area contributed by atoms with Gasteiger partial charge in [0.05, 0.1) is 26.9 Å². The minimum atomic E-state index is -0.326. The molecule has 5 nitrogen and oxygen atoms in total. The Balaban J connectivity index is 1.74. The average molecular weight is 415 g/mol. The van der Waals surface area contributed by atoms with Crippen LogP contribution < -0.4 is 5.32 Å². The van der Waals surface area contributed by atoms with Crippen molar-refractivity contribution < 1.29 is 4.79 Å². The van der Waals surface area contributed by atoms with Gasteiger partial charge in [-0.25, -0.2) is 4.98 Å². The summed E-state index contributed by atoms with van der Waals surface area (Å²) in [5.74, 6) is -0.0643. The molecule has 150 valence electrons. The number of nitrogens with one attached hydrogen (secondary N) is 1. The molecular weight excluding hydrogens is 392 g/mol. The van der Waals surface area contributed by atoms with Gasteiger partial charge in [-0.2, -0.15) is 5.26 Å². The number of carbonyl (C=O) groups is 1. The van der Waals surface area contributed by atoms with Crippen LogP contribution in [0, 0.1) is 18.3 Å². The van der Waals surface area contributed by atoms with Gasteiger partial charge in [0.25, 0.3) is 0 Å². The van der Waals surface area contributed by atoms with Crippen LogP contribution in [0.3, 0.4) is 0 Å². The number of thioether (sulfide) groups is 1. The minimum absolute atomic E-state index is 0.0643. The number of nitriles is 1. The van der Waals surface area contributed by atoms with Crippen molar-refractivity contribution in [3.63, 3.8) is 0 Å². The van der Waals surface area contributed by atoms with Gasteiger partial charge in [0, 0.05) is 5.69 Å².